The van der Waals surface area contributed by atoms with Gasteiger partial charge in [-0.25, -0.2) is 9.98 Å². The fourth-order valence-corrected chi connectivity index (χ4v) is 4.69. The van der Waals surface area contributed by atoms with E-state index in [1.807, 2.05) is 17.7 Å². The lowest BCUT2D eigenvalue weighted by molar-refractivity contribution is 0.122. The molecule has 0 bridgehead atoms. The van der Waals surface area contributed by atoms with Crippen LogP contribution in [-0.2, 0) is 4.74 Å². The van der Waals surface area contributed by atoms with Gasteiger partial charge < -0.3 is 20.3 Å². The minimum atomic E-state index is 0.446. The topological polar surface area (TPSA) is 74.7 Å². The molecule has 1 saturated carbocycles. The molecule has 5 rings (SSSR count). The highest BCUT2D eigenvalue weighted by molar-refractivity contribution is 7.11. The highest BCUT2D eigenvalue weighted by Gasteiger charge is 2.18. The Morgan fingerprint density at radius 2 is 1.91 bits per heavy atom. The second-order valence-electron chi connectivity index (χ2n) is 8.10. The Hall–Kier alpha value is -2.97. The average Bonchev–Trinajstić information content (AvgIpc) is 3.54. The summed E-state index contributed by atoms with van der Waals surface area (Å²) in [7, 11) is 0. The maximum absolute atomic E-state index is 5.44. The number of hydrogen-bond acceptors (Lipinski definition) is 8. The standard InChI is InChI=1S/C24H28N6OS/c1-2-5-18(4-1)27-23-22(25-16-21-6-3-15-32-21)17-26-24(29-23)28-19-7-9-20(10-8-19)30-11-13-31-14-12-30/h3,6-10,15-18H,1-2,4-5,11-14H2,(H2,26,27,28,29). The van der Waals surface area contributed by atoms with Crippen molar-refractivity contribution in [1.29, 1.82) is 0 Å². The number of rotatable bonds is 7. The largest absolute Gasteiger partial charge is 0.378 e. The molecule has 0 unspecified atom stereocenters. The zero-order chi connectivity index (χ0) is 21.6. The summed E-state index contributed by atoms with van der Waals surface area (Å²) < 4.78 is 5.44. The van der Waals surface area contributed by atoms with E-state index in [2.05, 4.69) is 55.8 Å². The molecule has 2 N–H and O–H groups in total. The Balaban J connectivity index is 1.32. The molecule has 0 atom stereocenters. The Morgan fingerprint density at radius 3 is 2.66 bits per heavy atom. The van der Waals surface area contributed by atoms with Gasteiger partial charge in [-0.2, -0.15) is 4.98 Å². The van der Waals surface area contributed by atoms with Crippen molar-refractivity contribution in [3.8, 4) is 0 Å². The molecule has 1 aromatic carbocycles. The average molecular weight is 449 g/mol. The van der Waals surface area contributed by atoms with E-state index >= 15 is 0 Å². The third-order valence-corrected chi connectivity index (χ3v) is 6.65. The second-order valence-corrected chi connectivity index (χ2v) is 9.08. The van der Waals surface area contributed by atoms with Crippen LogP contribution in [0.4, 0.5) is 28.8 Å². The second kappa shape index (κ2) is 10.1. The van der Waals surface area contributed by atoms with Gasteiger partial charge in [-0.05, 0) is 48.6 Å². The number of hydrogen-bond donors (Lipinski definition) is 2. The van der Waals surface area contributed by atoms with Gasteiger partial charge in [0.05, 0.1) is 19.4 Å². The van der Waals surface area contributed by atoms with Crippen molar-refractivity contribution < 1.29 is 4.74 Å². The lowest BCUT2D eigenvalue weighted by Crippen LogP contribution is -2.36. The van der Waals surface area contributed by atoms with Crippen LogP contribution in [-0.4, -0.2) is 48.5 Å². The highest BCUT2D eigenvalue weighted by Crippen LogP contribution is 2.29. The van der Waals surface area contributed by atoms with Crippen molar-refractivity contribution in [3.05, 3.63) is 52.9 Å². The fourth-order valence-electron chi connectivity index (χ4n) is 4.10. The minimum absolute atomic E-state index is 0.446. The smallest absolute Gasteiger partial charge is 0.229 e. The zero-order valence-corrected chi connectivity index (χ0v) is 18.9. The van der Waals surface area contributed by atoms with Crippen LogP contribution in [0.1, 0.15) is 30.6 Å². The van der Waals surface area contributed by atoms with E-state index in [0.717, 1.165) is 48.4 Å². The monoisotopic (exact) mass is 448 g/mol. The number of anilines is 4. The van der Waals surface area contributed by atoms with Crippen molar-refractivity contribution in [3.63, 3.8) is 0 Å². The maximum atomic E-state index is 5.44. The molecule has 3 heterocycles. The number of nitrogens with zero attached hydrogens (tertiary/aromatic N) is 4. The van der Waals surface area contributed by atoms with Crippen molar-refractivity contribution in [2.45, 2.75) is 31.7 Å². The van der Waals surface area contributed by atoms with E-state index in [-0.39, 0.29) is 0 Å². The normalized spacial score (nSPS) is 17.2. The molecule has 3 aromatic rings. The first-order chi connectivity index (χ1) is 15.8. The summed E-state index contributed by atoms with van der Waals surface area (Å²) in [6, 6.07) is 12.9. The number of nitrogens with one attached hydrogen (secondary N) is 2. The van der Waals surface area contributed by atoms with Crippen LogP contribution in [0.15, 0.2) is 53.0 Å². The van der Waals surface area contributed by atoms with Gasteiger partial charge in [0, 0.05) is 41.6 Å². The Labute approximate surface area is 192 Å². The summed E-state index contributed by atoms with van der Waals surface area (Å²) in [5.74, 6) is 1.35. The molecule has 8 heteroatoms. The van der Waals surface area contributed by atoms with E-state index in [1.165, 1.54) is 31.4 Å². The van der Waals surface area contributed by atoms with Crippen LogP contribution in [0.5, 0.6) is 0 Å². The molecule has 7 nitrogen and oxygen atoms in total. The van der Waals surface area contributed by atoms with Gasteiger partial charge >= 0.3 is 0 Å². The van der Waals surface area contributed by atoms with Gasteiger partial charge in [0.25, 0.3) is 0 Å². The van der Waals surface area contributed by atoms with Crippen LogP contribution in [0.3, 0.4) is 0 Å². The van der Waals surface area contributed by atoms with E-state index < -0.39 is 0 Å². The van der Waals surface area contributed by atoms with E-state index in [4.69, 9.17) is 9.72 Å². The predicted molar refractivity (Wildman–Crippen MR) is 132 cm³/mol. The van der Waals surface area contributed by atoms with Gasteiger partial charge in [-0.15, -0.1) is 11.3 Å². The Morgan fingerprint density at radius 1 is 1.09 bits per heavy atom. The third kappa shape index (κ3) is 5.26. The molecule has 2 aliphatic rings. The molecule has 1 saturated heterocycles. The van der Waals surface area contributed by atoms with Gasteiger partial charge in [0.15, 0.2) is 5.82 Å². The van der Waals surface area contributed by atoms with Crippen LogP contribution in [0, 0.1) is 0 Å². The summed E-state index contributed by atoms with van der Waals surface area (Å²) in [5, 5.41) is 8.99. The lowest BCUT2D eigenvalue weighted by Gasteiger charge is -2.28. The molecule has 1 aliphatic heterocycles. The summed E-state index contributed by atoms with van der Waals surface area (Å²) in [6.07, 6.45) is 8.53. The molecular formula is C24H28N6OS. The lowest BCUT2D eigenvalue weighted by atomic mass is 10.2. The van der Waals surface area contributed by atoms with Crippen molar-refractivity contribution in [1.82, 2.24) is 9.97 Å². The predicted octanol–water partition coefficient (Wildman–Crippen LogP) is 5.22. The molecule has 0 spiro atoms. The summed E-state index contributed by atoms with van der Waals surface area (Å²) in [5.41, 5.74) is 2.93. The van der Waals surface area contributed by atoms with Gasteiger partial charge in [0.1, 0.15) is 5.69 Å². The van der Waals surface area contributed by atoms with Gasteiger partial charge in [-0.3, -0.25) is 0 Å². The number of aliphatic imine (C=N–C) groups is 1. The molecule has 2 fully saturated rings. The molecule has 32 heavy (non-hydrogen) atoms. The molecule has 1 aliphatic carbocycles. The van der Waals surface area contributed by atoms with Crippen LogP contribution in [0.2, 0.25) is 0 Å². The van der Waals surface area contributed by atoms with Crippen molar-refractivity contribution in [2.24, 2.45) is 4.99 Å². The first-order valence-corrected chi connectivity index (χ1v) is 12.1. The molecule has 2 aromatic heterocycles. The molecule has 0 radical (unpaired) electrons. The SMILES string of the molecule is C(=Nc1cnc(Nc2ccc(N3CCOCC3)cc2)nc1NC1CCCC1)c1cccs1. The number of morpholine rings is 1. The van der Waals surface area contributed by atoms with Crippen molar-refractivity contribution >= 4 is 46.4 Å². The van der Waals surface area contributed by atoms with Crippen LogP contribution in [0.25, 0.3) is 0 Å². The number of aromatic nitrogens is 2. The van der Waals surface area contributed by atoms with Gasteiger partial charge in [-0.1, -0.05) is 18.9 Å². The first kappa shape index (κ1) is 20.9. The van der Waals surface area contributed by atoms with E-state index in [9.17, 15) is 0 Å². The highest BCUT2D eigenvalue weighted by atomic mass is 32.1. The molecule has 166 valence electrons. The maximum Gasteiger partial charge on any atom is 0.229 e. The zero-order valence-electron chi connectivity index (χ0n) is 18.0. The van der Waals surface area contributed by atoms with E-state index in [1.54, 1.807) is 17.5 Å². The third-order valence-electron chi connectivity index (χ3n) is 5.84. The van der Waals surface area contributed by atoms with Crippen LogP contribution >= 0.6 is 11.3 Å². The van der Waals surface area contributed by atoms with E-state index in [0.29, 0.717) is 12.0 Å². The number of ether oxygens (including phenoxy) is 1. The quantitative estimate of drug-likeness (QED) is 0.483. The van der Waals surface area contributed by atoms with Crippen molar-refractivity contribution in [2.75, 3.05) is 41.8 Å². The Bertz CT molecular complexity index is 1030. The fraction of sp³-hybridized carbons (Fsp3) is 0.375. The minimum Gasteiger partial charge on any atom is -0.378 e. The Kier molecular flexibility index (Phi) is 6.60. The molecule has 0 amide bonds. The van der Waals surface area contributed by atoms with Crippen LogP contribution < -0.4 is 15.5 Å². The summed E-state index contributed by atoms with van der Waals surface area (Å²) >= 11 is 1.66. The first-order valence-electron chi connectivity index (χ1n) is 11.2. The summed E-state index contributed by atoms with van der Waals surface area (Å²) in [6.45, 7) is 3.43. The summed E-state index contributed by atoms with van der Waals surface area (Å²) in [4.78, 5) is 17.4. The number of thiophene rings is 1. The van der Waals surface area contributed by atoms with Gasteiger partial charge in [0.2, 0.25) is 5.95 Å². The molecular weight excluding hydrogens is 420 g/mol. The number of benzene rings is 1.